The number of aromatic nitrogens is 1. The molecule has 29 heavy (non-hydrogen) atoms. The predicted molar refractivity (Wildman–Crippen MR) is 110 cm³/mol. The molecule has 1 aliphatic rings. The number of fused-ring (bicyclic) bond motifs is 1. The number of halogens is 1. The molecule has 0 saturated heterocycles. The number of aryl methyl sites for hydroxylation is 1. The van der Waals surface area contributed by atoms with Gasteiger partial charge in [-0.3, -0.25) is 14.5 Å². The van der Waals surface area contributed by atoms with Crippen molar-refractivity contribution in [1.29, 1.82) is 5.26 Å². The van der Waals surface area contributed by atoms with Crippen molar-refractivity contribution in [3.05, 3.63) is 35.0 Å². The van der Waals surface area contributed by atoms with Gasteiger partial charge in [0.25, 0.3) is 5.91 Å². The van der Waals surface area contributed by atoms with Gasteiger partial charge in [-0.05, 0) is 37.5 Å². The van der Waals surface area contributed by atoms with Crippen molar-refractivity contribution in [3.63, 3.8) is 0 Å². The van der Waals surface area contributed by atoms with Crippen molar-refractivity contribution in [3.8, 4) is 6.19 Å². The monoisotopic (exact) mass is 416 g/mol. The Kier molecular flexibility index (Phi) is 6.78. The third kappa shape index (κ3) is 4.55. The van der Waals surface area contributed by atoms with Gasteiger partial charge in [0.1, 0.15) is 5.69 Å². The molecule has 2 N–H and O–H groups in total. The van der Waals surface area contributed by atoms with E-state index >= 15 is 0 Å². The number of amides is 2. The van der Waals surface area contributed by atoms with Crippen LogP contribution in [0, 0.1) is 17.4 Å². The van der Waals surface area contributed by atoms with Crippen molar-refractivity contribution < 1.29 is 14.7 Å². The molecule has 8 heteroatoms. The lowest BCUT2D eigenvalue weighted by Gasteiger charge is -2.32. The van der Waals surface area contributed by atoms with Gasteiger partial charge in [-0.1, -0.05) is 30.5 Å². The van der Waals surface area contributed by atoms with Crippen molar-refractivity contribution in [2.45, 2.75) is 44.7 Å². The van der Waals surface area contributed by atoms with Crippen molar-refractivity contribution in [1.82, 2.24) is 14.8 Å². The van der Waals surface area contributed by atoms with Gasteiger partial charge in [0.2, 0.25) is 5.91 Å². The number of aliphatic hydroxyl groups is 1. The minimum absolute atomic E-state index is 0.0149. The first-order valence-electron chi connectivity index (χ1n) is 9.84. The first-order chi connectivity index (χ1) is 14.0. The second kappa shape index (κ2) is 9.29. The maximum absolute atomic E-state index is 13.1. The fraction of sp³-hybridized carbons (Fsp3) is 0.476. The lowest BCUT2D eigenvalue weighted by Crippen LogP contribution is -2.48. The summed E-state index contributed by atoms with van der Waals surface area (Å²) in [5.74, 6) is -0.924. The first kappa shape index (κ1) is 21.2. The van der Waals surface area contributed by atoms with Crippen LogP contribution in [0.2, 0.25) is 5.02 Å². The van der Waals surface area contributed by atoms with Crippen molar-refractivity contribution >= 4 is 34.3 Å². The lowest BCUT2D eigenvalue weighted by molar-refractivity contribution is -0.133. The van der Waals surface area contributed by atoms with Crippen molar-refractivity contribution in [2.24, 2.45) is 5.92 Å². The van der Waals surface area contributed by atoms with E-state index in [0.29, 0.717) is 36.5 Å². The predicted octanol–water partition coefficient (Wildman–Crippen LogP) is 2.91. The van der Waals surface area contributed by atoms with Gasteiger partial charge in [-0.2, -0.15) is 5.26 Å². The summed E-state index contributed by atoms with van der Waals surface area (Å²) >= 11 is 6.13. The highest BCUT2D eigenvalue weighted by molar-refractivity contribution is 6.31. The number of nitriles is 1. The molecular weight excluding hydrogens is 392 g/mol. The molecule has 0 unspecified atom stereocenters. The van der Waals surface area contributed by atoms with Crippen LogP contribution in [0.1, 0.15) is 42.6 Å². The Morgan fingerprint density at radius 2 is 2.10 bits per heavy atom. The number of nitrogens with zero attached hydrogens (tertiary/aromatic N) is 3. The quantitative estimate of drug-likeness (QED) is 0.558. The third-order valence-corrected chi connectivity index (χ3v) is 5.75. The van der Waals surface area contributed by atoms with E-state index in [-0.39, 0.29) is 24.5 Å². The van der Waals surface area contributed by atoms with E-state index in [0.717, 1.165) is 28.6 Å². The molecule has 0 radical (unpaired) electrons. The number of nitrogens with one attached hydrogen (secondary N) is 1. The average molecular weight is 417 g/mol. The van der Waals surface area contributed by atoms with Crippen LogP contribution in [0.25, 0.3) is 10.9 Å². The minimum Gasteiger partial charge on any atom is -0.396 e. The Morgan fingerprint density at radius 3 is 2.83 bits per heavy atom. The normalized spacial score (nSPS) is 19.0. The van der Waals surface area contributed by atoms with E-state index in [1.54, 1.807) is 18.2 Å². The number of aliphatic hydroxyl groups excluding tert-OH is 1. The third-order valence-electron chi connectivity index (χ3n) is 5.52. The van der Waals surface area contributed by atoms with Crippen LogP contribution >= 0.6 is 11.6 Å². The highest BCUT2D eigenvalue weighted by atomic mass is 35.5. The lowest BCUT2D eigenvalue weighted by atomic mass is 9.83. The van der Waals surface area contributed by atoms with Gasteiger partial charge >= 0.3 is 0 Å². The molecule has 2 atom stereocenters. The van der Waals surface area contributed by atoms with E-state index in [1.807, 2.05) is 16.8 Å². The summed E-state index contributed by atoms with van der Waals surface area (Å²) in [5, 5.41) is 22.8. The molecule has 1 fully saturated rings. The molecular formula is C21H25ClN4O3. The topological polar surface area (TPSA) is 98.4 Å². The summed E-state index contributed by atoms with van der Waals surface area (Å²) < 4.78 is 1.85. The van der Waals surface area contributed by atoms with Gasteiger partial charge in [0, 0.05) is 36.7 Å². The van der Waals surface area contributed by atoms with E-state index in [1.165, 1.54) is 7.05 Å². The largest absolute Gasteiger partial charge is 0.396 e. The molecule has 154 valence electrons. The summed E-state index contributed by atoms with van der Waals surface area (Å²) in [6, 6.07) is 6.93. The van der Waals surface area contributed by atoms with Gasteiger partial charge in [-0.15, -0.1) is 0 Å². The number of benzene rings is 1. The molecule has 0 spiro atoms. The summed E-state index contributed by atoms with van der Waals surface area (Å²) in [4.78, 5) is 26.7. The maximum atomic E-state index is 13.1. The Hall–Kier alpha value is -2.56. The van der Waals surface area contributed by atoms with Crippen LogP contribution in [0.4, 0.5) is 0 Å². The van der Waals surface area contributed by atoms with Gasteiger partial charge < -0.3 is 15.0 Å². The highest BCUT2D eigenvalue weighted by Gasteiger charge is 2.34. The Morgan fingerprint density at radius 1 is 1.34 bits per heavy atom. The van der Waals surface area contributed by atoms with Crippen LogP contribution in [0.15, 0.2) is 24.3 Å². The number of carbonyl (C=O) groups is 2. The second-order valence-corrected chi connectivity index (χ2v) is 7.87. The molecule has 3 rings (SSSR count). The number of rotatable bonds is 6. The van der Waals surface area contributed by atoms with Crippen LogP contribution in [0.3, 0.4) is 0 Å². The van der Waals surface area contributed by atoms with Crippen LogP contribution in [0.5, 0.6) is 0 Å². The standard InChI is InChI=1S/C21H25ClN4O3/c1-25(13-23)21(29)16-5-2-3-6-17(16)24-20(28)19-11-14-7-8-15(22)12-18(14)26(19)9-4-10-27/h7-8,11-12,16-17,27H,2-6,9-10H2,1H3,(H,24,28)/t16-,17+/m1/s1. The Labute approximate surface area is 174 Å². The molecule has 1 aromatic carbocycles. The molecule has 0 aliphatic heterocycles. The SMILES string of the molecule is CN(C#N)C(=O)[C@@H]1CCCC[C@@H]1NC(=O)c1cc2ccc(Cl)cc2n1CCCO. The zero-order valence-electron chi connectivity index (χ0n) is 16.4. The van der Waals surface area contributed by atoms with Gasteiger partial charge in [0.05, 0.1) is 11.4 Å². The van der Waals surface area contributed by atoms with Crippen LogP contribution in [-0.4, -0.2) is 46.1 Å². The van der Waals surface area contributed by atoms with E-state index < -0.39 is 5.92 Å². The average Bonchev–Trinajstić information content (AvgIpc) is 3.09. The number of hydrogen-bond acceptors (Lipinski definition) is 4. The Bertz CT molecular complexity index is 949. The minimum atomic E-state index is -0.401. The van der Waals surface area contributed by atoms with Gasteiger partial charge in [0.15, 0.2) is 6.19 Å². The molecule has 1 aromatic heterocycles. The zero-order valence-corrected chi connectivity index (χ0v) is 17.2. The number of hydrogen-bond donors (Lipinski definition) is 2. The van der Waals surface area contributed by atoms with E-state index in [4.69, 9.17) is 16.9 Å². The summed E-state index contributed by atoms with van der Waals surface area (Å²) in [5.41, 5.74) is 1.30. The van der Waals surface area contributed by atoms with Crippen LogP contribution < -0.4 is 5.32 Å². The van der Waals surface area contributed by atoms with Gasteiger partial charge in [-0.25, -0.2) is 0 Å². The molecule has 1 heterocycles. The van der Waals surface area contributed by atoms with Crippen molar-refractivity contribution in [2.75, 3.05) is 13.7 Å². The van der Waals surface area contributed by atoms with E-state index in [2.05, 4.69) is 5.32 Å². The smallest absolute Gasteiger partial charge is 0.268 e. The first-order valence-corrected chi connectivity index (χ1v) is 10.2. The summed E-state index contributed by atoms with van der Waals surface area (Å²) in [6.07, 6.45) is 5.54. The Balaban J connectivity index is 1.88. The van der Waals surface area contributed by atoms with Crippen LogP contribution in [-0.2, 0) is 11.3 Å². The molecule has 0 bridgehead atoms. The summed E-state index contributed by atoms with van der Waals surface area (Å²) in [6.45, 7) is 0.494. The fourth-order valence-corrected chi connectivity index (χ4v) is 4.19. The highest BCUT2D eigenvalue weighted by Crippen LogP contribution is 2.28. The molecule has 2 aromatic rings. The molecule has 2 amide bonds. The molecule has 7 nitrogen and oxygen atoms in total. The fourth-order valence-electron chi connectivity index (χ4n) is 4.03. The molecule has 1 aliphatic carbocycles. The number of carbonyl (C=O) groups excluding carboxylic acids is 2. The maximum Gasteiger partial charge on any atom is 0.268 e. The zero-order chi connectivity index (χ0) is 21.0. The van der Waals surface area contributed by atoms with E-state index in [9.17, 15) is 14.7 Å². The molecule has 1 saturated carbocycles. The second-order valence-electron chi connectivity index (χ2n) is 7.43. The summed E-state index contributed by atoms with van der Waals surface area (Å²) in [7, 11) is 1.45.